The van der Waals surface area contributed by atoms with Crippen LogP contribution in [-0.4, -0.2) is 67.8 Å². The maximum Gasteiger partial charge on any atom is 0.147 e. The normalized spacial score (nSPS) is 28.7. The molecule has 0 bridgehead atoms. The molecule has 1 aromatic heterocycles. The number of nitrogens with one attached hydrogen (secondary N) is 1. The lowest BCUT2D eigenvalue weighted by molar-refractivity contribution is -0.214. The molecule has 1 saturated heterocycles. The van der Waals surface area contributed by atoms with Crippen LogP contribution in [0.3, 0.4) is 0 Å². The van der Waals surface area contributed by atoms with Crippen molar-refractivity contribution < 1.29 is 25.2 Å². The van der Waals surface area contributed by atoms with Gasteiger partial charge in [-0.15, -0.1) is 0 Å². The van der Waals surface area contributed by atoms with Gasteiger partial charge in [0.25, 0.3) is 0 Å². The predicted molar refractivity (Wildman–Crippen MR) is 95.4 cm³/mol. The van der Waals surface area contributed by atoms with E-state index in [1.807, 2.05) is 6.07 Å². The Morgan fingerprint density at radius 1 is 1.19 bits per heavy atom. The van der Waals surface area contributed by atoms with E-state index in [-0.39, 0.29) is 0 Å². The summed E-state index contributed by atoms with van der Waals surface area (Å²) in [5.41, 5.74) is 2.67. The lowest BCUT2D eigenvalue weighted by Crippen LogP contribution is -2.58. The Labute approximate surface area is 151 Å². The van der Waals surface area contributed by atoms with Crippen molar-refractivity contribution in [3.8, 4) is 11.8 Å². The summed E-state index contributed by atoms with van der Waals surface area (Å²) in [7, 11) is 0. The van der Waals surface area contributed by atoms with Crippen molar-refractivity contribution in [2.45, 2.75) is 56.7 Å². The van der Waals surface area contributed by atoms with Gasteiger partial charge in [-0.05, 0) is 30.5 Å². The first kappa shape index (κ1) is 18.8. The molecule has 140 valence electrons. The topological polar surface area (TPSA) is 119 Å². The van der Waals surface area contributed by atoms with Crippen molar-refractivity contribution in [1.29, 1.82) is 0 Å². The average Bonchev–Trinajstić information content (AvgIpc) is 3.12. The highest BCUT2D eigenvalue weighted by atomic mass is 16.5. The summed E-state index contributed by atoms with van der Waals surface area (Å²) in [4.78, 5) is 0. The van der Waals surface area contributed by atoms with Crippen LogP contribution in [0.25, 0.3) is 10.9 Å². The lowest BCUT2D eigenvalue weighted by atomic mass is 9.95. The number of H-pyrrole nitrogens is 1. The van der Waals surface area contributed by atoms with E-state index in [1.54, 1.807) is 6.20 Å². The van der Waals surface area contributed by atoms with Gasteiger partial charge in [0.2, 0.25) is 0 Å². The van der Waals surface area contributed by atoms with Crippen LogP contribution < -0.4 is 0 Å². The Bertz CT molecular complexity index is 807. The van der Waals surface area contributed by atoms with Gasteiger partial charge in [-0.3, -0.25) is 5.10 Å². The standard InChI is InChI=1S/C19H24N2O5/c1-2-3-4-11-7-12(16-13(8-11)9-20-21-16)5-6-14-17(23)19(25)18(24)15(10-22)26-14/h7-9,14-15,17-19,22-25H,2-4,10H2,1H3,(H,20,21)/t14-,15-,17-,18-,19-/m1/s1. The molecule has 1 aliphatic rings. The van der Waals surface area contributed by atoms with Crippen molar-refractivity contribution in [2.75, 3.05) is 6.61 Å². The van der Waals surface area contributed by atoms with E-state index in [4.69, 9.17) is 4.74 Å². The molecule has 5 N–H and O–H groups in total. The van der Waals surface area contributed by atoms with Crippen molar-refractivity contribution >= 4 is 10.9 Å². The Hall–Kier alpha value is -1.95. The number of ether oxygens (including phenoxy) is 1. The minimum Gasteiger partial charge on any atom is -0.394 e. The van der Waals surface area contributed by atoms with Crippen LogP contribution in [0.2, 0.25) is 0 Å². The van der Waals surface area contributed by atoms with Crippen molar-refractivity contribution in [3.05, 3.63) is 29.5 Å². The number of unbranched alkanes of at least 4 members (excludes halogenated alkanes) is 1. The number of hydrogen-bond acceptors (Lipinski definition) is 6. The van der Waals surface area contributed by atoms with Crippen molar-refractivity contribution in [2.24, 2.45) is 0 Å². The van der Waals surface area contributed by atoms with Crippen LogP contribution >= 0.6 is 0 Å². The zero-order valence-electron chi connectivity index (χ0n) is 14.6. The summed E-state index contributed by atoms with van der Waals surface area (Å²) in [6.07, 6.45) is -1.30. The van der Waals surface area contributed by atoms with Gasteiger partial charge in [-0.1, -0.05) is 25.2 Å². The minimum absolute atomic E-state index is 0.472. The van der Waals surface area contributed by atoms with E-state index in [0.29, 0.717) is 0 Å². The zero-order chi connectivity index (χ0) is 18.7. The molecule has 0 saturated carbocycles. The van der Waals surface area contributed by atoms with Crippen LogP contribution in [0.4, 0.5) is 0 Å². The molecule has 2 heterocycles. The molecule has 1 aromatic carbocycles. The summed E-state index contributed by atoms with van der Waals surface area (Å²) in [6, 6.07) is 4.06. The molecule has 26 heavy (non-hydrogen) atoms. The van der Waals surface area contributed by atoms with Crippen LogP contribution in [0.15, 0.2) is 18.3 Å². The predicted octanol–water partition coefficient (Wildman–Crippen LogP) is 0.0994. The Morgan fingerprint density at radius 3 is 2.73 bits per heavy atom. The number of fused-ring (bicyclic) bond motifs is 1. The second kappa shape index (κ2) is 8.16. The smallest absolute Gasteiger partial charge is 0.147 e. The van der Waals surface area contributed by atoms with Gasteiger partial charge < -0.3 is 25.2 Å². The van der Waals surface area contributed by atoms with Gasteiger partial charge in [-0.25, -0.2) is 0 Å². The molecule has 0 unspecified atom stereocenters. The molecule has 3 rings (SSSR count). The van der Waals surface area contributed by atoms with Crippen LogP contribution in [0.1, 0.15) is 30.9 Å². The maximum atomic E-state index is 10.1. The Morgan fingerprint density at radius 2 is 2.00 bits per heavy atom. The molecule has 7 nitrogen and oxygen atoms in total. The number of benzene rings is 1. The van der Waals surface area contributed by atoms with Crippen molar-refractivity contribution in [3.63, 3.8) is 0 Å². The number of rotatable bonds is 4. The first-order valence-corrected chi connectivity index (χ1v) is 8.83. The molecule has 2 aromatic rings. The highest BCUT2D eigenvalue weighted by Gasteiger charge is 2.42. The molecule has 0 aliphatic carbocycles. The van der Waals surface area contributed by atoms with Gasteiger partial charge in [-0.2, -0.15) is 5.10 Å². The number of aryl methyl sites for hydroxylation is 1. The molecule has 7 heteroatoms. The van der Waals surface area contributed by atoms with Gasteiger partial charge >= 0.3 is 0 Å². The molecular formula is C19H24N2O5. The van der Waals surface area contributed by atoms with Crippen LogP contribution in [-0.2, 0) is 11.2 Å². The monoisotopic (exact) mass is 360 g/mol. The maximum absolute atomic E-state index is 10.1. The molecule has 1 aliphatic heterocycles. The van der Waals surface area contributed by atoms with Gasteiger partial charge in [0.15, 0.2) is 0 Å². The first-order valence-electron chi connectivity index (χ1n) is 8.83. The summed E-state index contributed by atoms with van der Waals surface area (Å²) in [6.45, 7) is 1.66. The summed E-state index contributed by atoms with van der Waals surface area (Å²) in [5.74, 6) is 5.81. The van der Waals surface area contributed by atoms with Crippen LogP contribution in [0, 0.1) is 11.8 Å². The van der Waals surface area contributed by atoms with Gasteiger partial charge in [0, 0.05) is 5.39 Å². The largest absolute Gasteiger partial charge is 0.394 e. The number of nitrogens with zero attached hydrogens (tertiary/aromatic N) is 1. The molecule has 5 atom stereocenters. The zero-order valence-corrected chi connectivity index (χ0v) is 14.6. The van der Waals surface area contributed by atoms with Gasteiger partial charge in [0.1, 0.15) is 30.5 Å². The third kappa shape index (κ3) is 3.75. The Balaban J connectivity index is 1.90. The number of hydrogen-bond donors (Lipinski definition) is 5. The third-order valence-corrected chi connectivity index (χ3v) is 4.67. The van der Waals surface area contributed by atoms with E-state index in [2.05, 4.69) is 35.0 Å². The average molecular weight is 360 g/mol. The van der Waals surface area contributed by atoms with E-state index in [9.17, 15) is 20.4 Å². The summed E-state index contributed by atoms with van der Waals surface area (Å²) in [5, 5.41) is 47.0. The fourth-order valence-corrected chi connectivity index (χ4v) is 3.11. The van der Waals surface area contributed by atoms with E-state index < -0.39 is 37.1 Å². The quantitative estimate of drug-likeness (QED) is 0.494. The number of aromatic amines is 1. The number of aliphatic hydroxyl groups is 4. The van der Waals surface area contributed by atoms with E-state index >= 15 is 0 Å². The highest BCUT2D eigenvalue weighted by Crippen LogP contribution is 2.22. The van der Waals surface area contributed by atoms with Crippen LogP contribution in [0.5, 0.6) is 0 Å². The van der Waals surface area contributed by atoms with Crippen molar-refractivity contribution in [1.82, 2.24) is 10.2 Å². The molecule has 0 spiro atoms. The SMILES string of the molecule is CCCCc1cc(C#C[C@H]2O[C@H](CO)[C@@H](O)[C@H](O)[C@@H]2O)c2[nH]ncc2c1. The fourth-order valence-electron chi connectivity index (χ4n) is 3.11. The molecule has 1 fully saturated rings. The van der Waals surface area contributed by atoms with Gasteiger partial charge in [0.05, 0.1) is 23.9 Å². The number of aliphatic hydroxyl groups excluding tert-OH is 4. The third-order valence-electron chi connectivity index (χ3n) is 4.67. The van der Waals surface area contributed by atoms with E-state index in [1.165, 1.54) is 0 Å². The summed E-state index contributed by atoms with van der Waals surface area (Å²) >= 11 is 0. The Kier molecular flexibility index (Phi) is 5.91. The van der Waals surface area contributed by atoms with E-state index in [0.717, 1.165) is 41.3 Å². The summed E-state index contributed by atoms with van der Waals surface area (Å²) < 4.78 is 5.43. The molecule has 0 amide bonds. The molecule has 0 radical (unpaired) electrons. The second-order valence-corrected chi connectivity index (χ2v) is 6.60. The highest BCUT2D eigenvalue weighted by molar-refractivity contribution is 5.84. The minimum atomic E-state index is -1.43. The number of aromatic nitrogens is 2. The molecular weight excluding hydrogens is 336 g/mol. The first-order chi connectivity index (χ1) is 12.5. The fraction of sp³-hybridized carbons (Fsp3) is 0.526. The second-order valence-electron chi connectivity index (χ2n) is 6.60. The lowest BCUT2D eigenvalue weighted by Gasteiger charge is -2.37.